The van der Waals surface area contributed by atoms with Crippen LogP contribution in [0.1, 0.15) is 25.0 Å². The fourth-order valence-electron chi connectivity index (χ4n) is 2.87. The van der Waals surface area contributed by atoms with E-state index in [1.54, 1.807) is 24.3 Å². The lowest BCUT2D eigenvalue weighted by molar-refractivity contribution is -0.220. The predicted octanol–water partition coefficient (Wildman–Crippen LogP) is 2.37. The van der Waals surface area contributed by atoms with Crippen LogP contribution in [0.15, 0.2) is 30.5 Å². The van der Waals surface area contributed by atoms with Crippen molar-refractivity contribution in [3.63, 3.8) is 0 Å². The number of alkyl carbamates (subject to hydrolysis) is 1. The molecule has 0 aromatic heterocycles. The third kappa shape index (κ3) is 9.41. The summed E-state index contributed by atoms with van der Waals surface area (Å²) in [6, 6.07) is 4.60. The Balaban J connectivity index is 2.63. The average Bonchev–Trinajstić information content (AvgIpc) is 2.81. The van der Waals surface area contributed by atoms with Gasteiger partial charge in [-0.1, -0.05) is 24.3 Å². The number of hydrogen-bond donors (Lipinski definition) is 6. The van der Waals surface area contributed by atoms with Crippen LogP contribution < -0.4 is 21.3 Å². The average molecular weight is 524 g/mol. The number of carbonyl (C=O) groups is 2. The molecule has 2 atom stereocenters. The number of aliphatic hydroxyl groups excluding tert-OH is 1. The smallest absolute Gasteiger partial charge is 0.407 e. The molecule has 1 unspecified atom stereocenters. The minimum absolute atomic E-state index is 0.0241. The van der Waals surface area contributed by atoms with Gasteiger partial charge in [0.05, 0.1) is 18.6 Å². The largest absolute Gasteiger partial charge is 0.453 e. The van der Waals surface area contributed by atoms with E-state index < -0.39 is 42.3 Å². The number of halogens is 5. The Labute approximate surface area is 205 Å². The predicted molar refractivity (Wildman–Crippen MR) is 122 cm³/mol. The van der Waals surface area contributed by atoms with Crippen LogP contribution in [0.5, 0.6) is 0 Å². The lowest BCUT2D eigenvalue weighted by atomic mass is 9.83. The number of carbonyl (C=O) groups excluding carboxylic acids is 2. The van der Waals surface area contributed by atoms with Crippen LogP contribution in [-0.2, 0) is 16.1 Å². The fraction of sp³-hybridized carbons (Fsp3) is 0.500. The molecule has 1 rings (SSSR count). The number of hydrogen-bond acceptors (Lipinski definition) is 7. The number of methoxy groups -OCH3 is 1. The summed E-state index contributed by atoms with van der Waals surface area (Å²) in [5.74, 6) is -1.14. The Morgan fingerprint density at radius 3 is 2.25 bits per heavy atom. The molecule has 0 bridgehead atoms. The molecule has 36 heavy (non-hydrogen) atoms. The van der Waals surface area contributed by atoms with Gasteiger partial charge in [-0.3, -0.25) is 4.79 Å². The van der Waals surface area contributed by atoms with E-state index in [4.69, 9.17) is 5.41 Å². The third-order valence-electron chi connectivity index (χ3n) is 5.19. The molecule has 0 radical (unpaired) electrons. The van der Waals surface area contributed by atoms with Gasteiger partial charge in [0.25, 0.3) is 0 Å². The lowest BCUT2D eigenvalue weighted by Crippen LogP contribution is -2.60. The van der Waals surface area contributed by atoms with Gasteiger partial charge in [-0.05, 0) is 25.0 Å². The Kier molecular flexibility index (Phi) is 11.7. The number of benzene rings is 1. The van der Waals surface area contributed by atoms with Crippen LogP contribution in [0.4, 0.5) is 26.7 Å². The second kappa shape index (κ2) is 13.7. The first kappa shape index (κ1) is 30.8. The van der Waals surface area contributed by atoms with E-state index in [-0.39, 0.29) is 25.2 Å². The molecule has 202 valence electrons. The van der Waals surface area contributed by atoms with E-state index in [1.165, 1.54) is 0 Å². The molecule has 14 heteroatoms. The molecule has 0 aliphatic heterocycles. The van der Waals surface area contributed by atoms with Crippen molar-refractivity contribution in [2.24, 2.45) is 5.41 Å². The zero-order valence-corrected chi connectivity index (χ0v) is 19.9. The fourth-order valence-corrected chi connectivity index (χ4v) is 2.87. The molecule has 0 spiro atoms. The van der Waals surface area contributed by atoms with Gasteiger partial charge in [-0.15, -0.1) is 0 Å². The standard InChI is InChI=1S/C22H30F5N5O4/c1-21(2,22(25,26)27)17(32-20(35)36-3)18(34)30-12-16(33)11-29-9-13-4-6-14(7-5-13)15(8-28)10-31-19(23)24/h4-8,10,16-17,19,28-29,31,33H,9,11-12H2,1-3H3,(H,30,34)(H,32,35)/b15-10+,28-8?/t16-,17?/m0/s1. The maximum atomic E-state index is 13.4. The second-order valence-corrected chi connectivity index (χ2v) is 8.23. The van der Waals surface area contributed by atoms with Gasteiger partial charge in [0.2, 0.25) is 5.91 Å². The summed E-state index contributed by atoms with van der Waals surface area (Å²) in [4.78, 5) is 23.9. The first-order chi connectivity index (χ1) is 16.7. The summed E-state index contributed by atoms with van der Waals surface area (Å²) in [6.07, 6.45) is -5.24. The minimum Gasteiger partial charge on any atom is -0.453 e. The van der Waals surface area contributed by atoms with Gasteiger partial charge in [0.15, 0.2) is 0 Å². The van der Waals surface area contributed by atoms with Crippen LogP contribution in [0.2, 0.25) is 0 Å². The molecule has 0 fully saturated rings. The zero-order chi connectivity index (χ0) is 27.5. The summed E-state index contributed by atoms with van der Waals surface area (Å²) in [6.45, 7) is -1.38. The molecule has 9 nitrogen and oxygen atoms in total. The van der Waals surface area contributed by atoms with Crippen LogP contribution in [-0.4, -0.2) is 68.4 Å². The number of aliphatic hydroxyl groups is 1. The van der Waals surface area contributed by atoms with E-state index in [2.05, 4.69) is 15.4 Å². The maximum Gasteiger partial charge on any atom is 0.407 e. The van der Waals surface area contributed by atoms with Gasteiger partial charge in [-0.2, -0.15) is 22.0 Å². The van der Waals surface area contributed by atoms with Crippen molar-refractivity contribution in [3.05, 3.63) is 41.6 Å². The molecule has 6 N–H and O–H groups in total. The highest BCUT2D eigenvalue weighted by Crippen LogP contribution is 2.40. The highest BCUT2D eigenvalue weighted by Gasteiger charge is 2.55. The molecule has 0 heterocycles. The molecule has 2 amide bonds. The first-order valence-electron chi connectivity index (χ1n) is 10.6. The molecule has 0 saturated heterocycles. The quantitative estimate of drug-likeness (QED) is 0.134. The summed E-state index contributed by atoms with van der Waals surface area (Å²) in [7, 11) is 0.946. The van der Waals surface area contributed by atoms with Crippen molar-refractivity contribution in [1.29, 1.82) is 5.41 Å². The van der Waals surface area contributed by atoms with Gasteiger partial charge in [0.1, 0.15) is 6.04 Å². The van der Waals surface area contributed by atoms with Crippen LogP contribution in [0.25, 0.3) is 5.57 Å². The normalized spacial score (nSPS) is 14.1. The van der Waals surface area contributed by atoms with Crippen molar-refractivity contribution >= 4 is 23.8 Å². The molecular formula is C22H30F5N5O4. The Bertz CT molecular complexity index is 907. The van der Waals surface area contributed by atoms with Crippen molar-refractivity contribution in [1.82, 2.24) is 21.3 Å². The zero-order valence-electron chi connectivity index (χ0n) is 19.9. The number of rotatable bonds is 13. The van der Waals surface area contributed by atoms with E-state index in [1.807, 2.05) is 10.6 Å². The van der Waals surface area contributed by atoms with Crippen molar-refractivity contribution in [2.75, 3.05) is 20.2 Å². The monoisotopic (exact) mass is 523 g/mol. The van der Waals surface area contributed by atoms with E-state index in [0.717, 1.165) is 38.9 Å². The lowest BCUT2D eigenvalue weighted by Gasteiger charge is -2.35. The van der Waals surface area contributed by atoms with Gasteiger partial charge in [-0.25, -0.2) is 4.79 Å². The number of nitrogens with one attached hydrogen (secondary N) is 5. The molecule has 1 aromatic carbocycles. The van der Waals surface area contributed by atoms with Crippen LogP contribution >= 0.6 is 0 Å². The maximum absolute atomic E-state index is 13.4. The number of amides is 2. The summed E-state index contributed by atoms with van der Waals surface area (Å²) >= 11 is 0. The molecule has 0 aliphatic carbocycles. The molecule has 0 aliphatic rings. The summed E-state index contributed by atoms with van der Waals surface area (Å²) in [5.41, 5.74) is -1.09. The highest BCUT2D eigenvalue weighted by atomic mass is 19.4. The number of allylic oxidation sites excluding steroid dienone is 1. The number of alkyl halides is 5. The molecular weight excluding hydrogens is 493 g/mol. The molecule has 1 aromatic rings. The second-order valence-electron chi connectivity index (χ2n) is 8.23. The SMILES string of the molecule is COC(=O)NC(C(=O)NC[C@@H](O)CNCc1ccc(/C(C=N)=C/NC(F)F)cc1)C(C)(C)C(F)(F)F. The Morgan fingerprint density at radius 2 is 1.75 bits per heavy atom. The van der Waals surface area contributed by atoms with Crippen LogP contribution in [0, 0.1) is 10.8 Å². The first-order valence-corrected chi connectivity index (χ1v) is 10.6. The van der Waals surface area contributed by atoms with Gasteiger partial charge >= 0.3 is 18.8 Å². The summed E-state index contributed by atoms with van der Waals surface area (Å²) in [5, 5.41) is 26.2. The van der Waals surface area contributed by atoms with Gasteiger partial charge in [0, 0.05) is 37.6 Å². The molecule has 0 saturated carbocycles. The Morgan fingerprint density at radius 1 is 1.14 bits per heavy atom. The van der Waals surface area contributed by atoms with E-state index in [0.29, 0.717) is 5.56 Å². The summed E-state index contributed by atoms with van der Waals surface area (Å²) < 4.78 is 69.1. The minimum atomic E-state index is -4.82. The highest BCUT2D eigenvalue weighted by molar-refractivity contribution is 6.08. The van der Waals surface area contributed by atoms with Crippen molar-refractivity contribution in [2.45, 2.75) is 45.3 Å². The third-order valence-corrected chi connectivity index (χ3v) is 5.19. The van der Waals surface area contributed by atoms with Gasteiger partial charge < -0.3 is 36.5 Å². The topological polar surface area (TPSA) is 136 Å². The Hall–Kier alpha value is -3.26. The van der Waals surface area contributed by atoms with E-state index >= 15 is 0 Å². The van der Waals surface area contributed by atoms with Crippen molar-refractivity contribution < 1.29 is 41.4 Å². The van der Waals surface area contributed by atoms with Crippen LogP contribution in [0.3, 0.4) is 0 Å². The van der Waals surface area contributed by atoms with Crippen molar-refractivity contribution in [3.8, 4) is 0 Å². The number of ether oxygens (including phenoxy) is 1. The van der Waals surface area contributed by atoms with E-state index in [9.17, 15) is 36.6 Å².